The van der Waals surface area contributed by atoms with Crippen LogP contribution >= 0.6 is 24.8 Å². The first-order valence-corrected chi connectivity index (χ1v) is 9.84. The Hall–Kier alpha value is -0.810. The zero-order chi connectivity index (χ0) is 17.2. The van der Waals surface area contributed by atoms with E-state index in [4.69, 9.17) is 10.2 Å². The molecule has 0 spiro atoms. The lowest BCUT2D eigenvalue weighted by Gasteiger charge is -2.34. The van der Waals surface area contributed by atoms with Crippen LogP contribution in [0, 0.1) is 11.7 Å². The first-order valence-electron chi connectivity index (χ1n) is 9.84. The van der Waals surface area contributed by atoms with Crippen LogP contribution in [0.1, 0.15) is 56.4 Å². The fraction of sp³-hybridized carbons (Fsp3) is 0.619. The quantitative estimate of drug-likeness (QED) is 0.714. The molecule has 27 heavy (non-hydrogen) atoms. The van der Waals surface area contributed by atoms with Gasteiger partial charge in [-0.2, -0.15) is 0 Å². The van der Waals surface area contributed by atoms with Crippen LogP contribution in [0.4, 0.5) is 4.39 Å². The van der Waals surface area contributed by atoms with Gasteiger partial charge in [-0.1, -0.05) is 6.07 Å². The molecule has 3 nitrogen and oxygen atoms in total. The topological polar surface area (TPSA) is 42.4 Å². The first kappa shape index (κ1) is 22.5. The van der Waals surface area contributed by atoms with Crippen LogP contribution in [0.2, 0.25) is 0 Å². The van der Waals surface area contributed by atoms with Crippen LogP contribution in [-0.2, 0) is 0 Å². The number of nitrogens with two attached hydrogens (primary N) is 1. The zero-order valence-corrected chi connectivity index (χ0v) is 17.4. The normalized spacial score (nSPS) is 24.4. The molecule has 2 aromatic rings. The highest BCUT2D eigenvalue weighted by molar-refractivity contribution is 5.85. The smallest absolute Gasteiger partial charge is 0.169 e. The van der Waals surface area contributed by atoms with Crippen molar-refractivity contribution < 1.29 is 8.81 Å². The van der Waals surface area contributed by atoms with Crippen molar-refractivity contribution in [2.24, 2.45) is 11.7 Å². The maximum absolute atomic E-state index is 13.8. The van der Waals surface area contributed by atoms with Gasteiger partial charge in [0.1, 0.15) is 0 Å². The minimum absolute atomic E-state index is 0. The van der Waals surface area contributed by atoms with Gasteiger partial charge in [-0.3, -0.25) is 0 Å². The summed E-state index contributed by atoms with van der Waals surface area (Å²) in [6.45, 7) is 3.51. The lowest BCUT2D eigenvalue weighted by atomic mass is 9.84. The Balaban J connectivity index is 0.00000131. The molecule has 0 atom stereocenters. The van der Waals surface area contributed by atoms with Gasteiger partial charge in [0.05, 0.1) is 6.26 Å². The Kier molecular flexibility index (Phi) is 8.41. The van der Waals surface area contributed by atoms with E-state index in [-0.39, 0.29) is 30.6 Å². The van der Waals surface area contributed by atoms with E-state index in [2.05, 4.69) is 4.90 Å². The third-order valence-electron chi connectivity index (χ3n) is 6.37. The number of piperidine rings is 1. The van der Waals surface area contributed by atoms with E-state index in [1.54, 1.807) is 12.3 Å². The fourth-order valence-corrected chi connectivity index (χ4v) is 4.72. The van der Waals surface area contributed by atoms with Gasteiger partial charge >= 0.3 is 0 Å². The van der Waals surface area contributed by atoms with Crippen LogP contribution in [0.3, 0.4) is 0 Å². The molecule has 152 valence electrons. The summed E-state index contributed by atoms with van der Waals surface area (Å²) in [5.41, 5.74) is 7.67. The predicted octanol–water partition coefficient (Wildman–Crippen LogP) is 5.50. The second-order valence-electron chi connectivity index (χ2n) is 7.99. The van der Waals surface area contributed by atoms with Crippen LogP contribution in [0.5, 0.6) is 0 Å². The second kappa shape index (κ2) is 10.1. The van der Waals surface area contributed by atoms with Gasteiger partial charge < -0.3 is 15.1 Å². The molecule has 2 heterocycles. The van der Waals surface area contributed by atoms with Crippen molar-refractivity contribution in [2.45, 2.75) is 56.9 Å². The number of fused-ring (bicyclic) bond motifs is 1. The molecule has 4 rings (SSSR count). The summed E-state index contributed by atoms with van der Waals surface area (Å²) in [6, 6.07) is 5.87. The Morgan fingerprint density at radius 3 is 2.41 bits per heavy atom. The summed E-state index contributed by atoms with van der Waals surface area (Å²) in [7, 11) is 0. The number of hydrogen-bond acceptors (Lipinski definition) is 3. The molecule has 2 fully saturated rings. The van der Waals surface area contributed by atoms with Crippen molar-refractivity contribution in [1.29, 1.82) is 0 Å². The molecule has 0 amide bonds. The Morgan fingerprint density at radius 2 is 1.70 bits per heavy atom. The van der Waals surface area contributed by atoms with Gasteiger partial charge in [0.25, 0.3) is 0 Å². The van der Waals surface area contributed by atoms with Crippen LogP contribution in [-0.4, -0.2) is 30.6 Å². The van der Waals surface area contributed by atoms with Crippen LogP contribution in [0.15, 0.2) is 28.9 Å². The minimum Gasteiger partial charge on any atom is -0.461 e. The highest BCUT2D eigenvalue weighted by atomic mass is 35.5. The number of benzene rings is 1. The number of furan rings is 1. The molecule has 1 saturated carbocycles. The molecular formula is C21H31Cl2FN2O. The van der Waals surface area contributed by atoms with Crippen molar-refractivity contribution in [3.63, 3.8) is 0 Å². The number of rotatable bonds is 4. The molecule has 0 radical (unpaired) electrons. The molecule has 0 unspecified atom stereocenters. The minimum atomic E-state index is -0.256. The molecule has 0 bridgehead atoms. The summed E-state index contributed by atoms with van der Waals surface area (Å²) in [5.74, 6) is 1.14. The molecule has 1 aromatic carbocycles. The molecule has 2 N–H and O–H groups in total. The lowest BCUT2D eigenvalue weighted by molar-refractivity contribution is 0.187. The molecular weight excluding hydrogens is 386 g/mol. The highest BCUT2D eigenvalue weighted by Gasteiger charge is 2.24. The van der Waals surface area contributed by atoms with Crippen molar-refractivity contribution in [1.82, 2.24) is 4.90 Å². The van der Waals surface area contributed by atoms with Gasteiger partial charge in [-0.05, 0) is 94.1 Å². The van der Waals surface area contributed by atoms with E-state index in [1.807, 2.05) is 12.1 Å². The summed E-state index contributed by atoms with van der Waals surface area (Å²) >= 11 is 0. The zero-order valence-electron chi connectivity index (χ0n) is 15.7. The van der Waals surface area contributed by atoms with E-state index in [1.165, 1.54) is 44.2 Å². The summed E-state index contributed by atoms with van der Waals surface area (Å²) in [4.78, 5) is 2.61. The third-order valence-corrected chi connectivity index (χ3v) is 6.37. The van der Waals surface area contributed by atoms with E-state index in [9.17, 15) is 4.39 Å². The SMILES string of the molecule is Cl.Cl.N[C@H]1CC[C@H](CCN2CCC(c3ccc(F)c4occc34)CC2)CC1. The molecule has 6 heteroatoms. The van der Waals surface area contributed by atoms with E-state index in [0.29, 0.717) is 17.5 Å². The molecule has 1 aliphatic carbocycles. The number of hydrogen-bond donors (Lipinski definition) is 1. The largest absolute Gasteiger partial charge is 0.461 e. The average molecular weight is 417 g/mol. The summed E-state index contributed by atoms with van der Waals surface area (Å²) < 4.78 is 19.1. The van der Waals surface area contributed by atoms with Crippen molar-refractivity contribution in [3.8, 4) is 0 Å². The van der Waals surface area contributed by atoms with Gasteiger partial charge in [0.15, 0.2) is 11.4 Å². The van der Waals surface area contributed by atoms with Crippen molar-refractivity contribution >= 4 is 35.8 Å². The number of likely N-dealkylation sites (tertiary alicyclic amines) is 1. The first-order chi connectivity index (χ1) is 12.2. The van der Waals surface area contributed by atoms with Gasteiger partial charge in [-0.15, -0.1) is 24.8 Å². The third kappa shape index (κ3) is 5.17. The molecule has 1 aliphatic heterocycles. The fourth-order valence-electron chi connectivity index (χ4n) is 4.72. The van der Waals surface area contributed by atoms with E-state index >= 15 is 0 Å². The van der Waals surface area contributed by atoms with E-state index in [0.717, 1.165) is 37.2 Å². The maximum Gasteiger partial charge on any atom is 0.169 e. The van der Waals surface area contributed by atoms with Crippen LogP contribution in [0.25, 0.3) is 11.0 Å². The second-order valence-corrected chi connectivity index (χ2v) is 7.99. The highest BCUT2D eigenvalue weighted by Crippen LogP contribution is 2.35. The average Bonchev–Trinajstić information content (AvgIpc) is 3.13. The number of nitrogens with zero attached hydrogens (tertiary/aromatic N) is 1. The van der Waals surface area contributed by atoms with Gasteiger partial charge in [0, 0.05) is 11.4 Å². The molecule has 1 saturated heterocycles. The monoisotopic (exact) mass is 416 g/mol. The Morgan fingerprint density at radius 1 is 1.00 bits per heavy atom. The summed E-state index contributed by atoms with van der Waals surface area (Å²) in [5, 5.41) is 0.956. The van der Waals surface area contributed by atoms with Crippen molar-refractivity contribution in [3.05, 3.63) is 35.8 Å². The Labute approximate surface area is 173 Å². The molecule has 2 aliphatic rings. The van der Waals surface area contributed by atoms with Gasteiger partial charge in [-0.25, -0.2) is 4.39 Å². The number of halogens is 3. The van der Waals surface area contributed by atoms with Gasteiger partial charge in [0.2, 0.25) is 0 Å². The standard InChI is InChI=1S/C21H29FN2O.2ClH/c22-20-6-5-18(19-10-14-25-21(19)20)16-8-12-24(13-9-16)11-7-15-1-3-17(23)4-2-15;;/h5-6,10,14-17H,1-4,7-9,11-13,23H2;2*1H/t15-,17-;;. The predicted molar refractivity (Wildman–Crippen MR) is 114 cm³/mol. The summed E-state index contributed by atoms with van der Waals surface area (Å²) in [6.07, 6.45) is 10.3. The van der Waals surface area contributed by atoms with Crippen molar-refractivity contribution in [2.75, 3.05) is 19.6 Å². The molecule has 1 aromatic heterocycles. The Bertz CT molecular complexity index is 707. The van der Waals surface area contributed by atoms with E-state index < -0.39 is 0 Å². The van der Waals surface area contributed by atoms with Crippen LogP contribution < -0.4 is 5.73 Å². The lowest BCUT2D eigenvalue weighted by Crippen LogP contribution is -2.35. The maximum atomic E-state index is 13.8.